The second-order valence-electron chi connectivity index (χ2n) is 2.73. The summed E-state index contributed by atoms with van der Waals surface area (Å²) in [6, 6.07) is 0. The molecule has 0 aliphatic heterocycles. The normalized spacial score (nSPS) is 16.9. The van der Waals surface area contributed by atoms with E-state index in [1.54, 1.807) is 0 Å². The fraction of sp³-hybridized carbons (Fsp3) is 0.222. The van der Waals surface area contributed by atoms with Gasteiger partial charge in [-0.3, -0.25) is 15.0 Å². The maximum absolute atomic E-state index is 11.1. The topological polar surface area (TPSA) is 87.5 Å². The van der Waals surface area contributed by atoms with E-state index in [0.717, 1.165) is 6.08 Å². The van der Waals surface area contributed by atoms with Crippen molar-refractivity contribution in [1.29, 1.82) is 5.41 Å². The average Bonchev–Trinajstić information content (AvgIpc) is 2.11. The molecule has 0 heterocycles. The molecule has 0 amide bonds. The van der Waals surface area contributed by atoms with Crippen LogP contribution in [-0.4, -0.2) is 29.5 Å². The Labute approximate surface area is 80.2 Å². The van der Waals surface area contributed by atoms with Gasteiger partial charge in [0.2, 0.25) is 5.78 Å². The van der Waals surface area contributed by atoms with Crippen LogP contribution in [0.3, 0.4) is 0 Å². The zero-order chi connectivity index (χ0) is 10.9. The summed E-state index contributed by atoms with van der Waals surface area (Å²) >= 11 is 0. The van der Waals surface area contributed by atoms with Crippen LogP contribution in [0.1, 0.15) is 6.92 Å². The van der Waals surface area contributed by atoms with Crippen molar-refractivity contribution in [2.75, 3.05) is 7.11 Å². The van der Waals surface area contributed by atoms with Crippen molar-refractivity contribution < 1.29 is 19.4 Å². The third kappa shape index (κ3) is 1.44. The third-order valence-corrected chi connectivity index (χ3v) is 1.80. The standard InChI is InChI=1S/C9H9NO4/c1-4(11)7-8(10)5(12)3-6(14-2)9(7)13/h3,10,13H,1-2H3. The van der Waals surface area contributed by atoms with Gasteiger partial charge in [0, 0.05) is 6.08 Å². The lowest BCUT2D eigenvalue weighted by Crippen LogP contribution is -2.25. The number of nitrogens with one attached hydrogen (secondary N) is 1. The molecule has 14 heavy (non-hydrogen) atoms. The van der Waals surface area contributed by atoms with Gasteiger partial charge in [0.25, 0.3) is 0 Å². The first kappa shape index (κ1) is 10.2. The maximum Gasteiger partial charge on any atom is 0.208 e. The van der Waals surface area contributed by atoms with Gasteiger partial charge in [-0.1, -0.05) is 0 Å². The number of methoxy groups -OCH3 is 1. The number of aliphatic hydroxyl groups is 1. The summed E-state index contributed by atoms with van der Waals surface area (Å²) in [4.78, 5) is 22.2. The molecule has 1 aliphatic rings. The van der Waals surface area contributed by atoms with Gasteiger partial charge in [0.15, 0.2) is 17.3 Å². The molecule has 0 aromatic rings. The molecule has 0 aromatic carbocycles. The summed E-state index contributed by atoms with van der Waals surface area (Å²) in [5, 5.41) is 16.7. The van der Waals surface area contributed by atoms with Crippen molar-refractivity contribution >= 4 is 17.3 Å². The molecule has 74 valence electrons. The Kier molecular flexibility index (Phi) is 2.51. The van der Waals surface area contributed by atoms with Crippen molar-refractivity contribution in [1.82, 2.24) is 0 Å². The minimum Gasteiger partial charge on any atom is -0.504 e. The Morgan fingerprint density at radius 2 is 2.14 bits per heavy atom. The lowest BCUT2D eigenvalue weighted by Gasteiger charge is -2.14. The Balaban J connectivity index is 3.33. The smallest absolute Gasteiger partial charge is 0.208 e. The van der Waals surface area contributed by atoms with Gasteiger partial charge < -0.3 is 9.84 Å². The van der Waals surface area contributed by atoms with Gasteiger partial charge in [-0.2, -0.15) is 0 Å². The summed E-state index contributed by atoms with van der Waals surface area (Å²) in [6.07, 6.45) is 0.976. The molecule has 0 saturated heterocycles. The van der Waals surface area contributed by atoms with Crippen molar-refractivity contribution in [3.05, 3.63) is 23.2 Å². The molecule has 5 nitrogen and oxygen atoms in total. The molecule has 0 unspecified atom stereocenters. The van der Waals surface area contributed by atoms with E-state index in [2.05, 4.69) is 4.74 Å². The van der Waals surface area contributed by atoms with E-state index in [1.165, 1.54) is 14.0 Å². The molecule has 1 rings (SSSR count). The molecule has 2 N–H and O–H groups in total. The Morgan fingerprint density at radius 3 is 2.57 bits per heavy atom. The zero-order valence-corrected chi connectivity index (χ0v) is 7.75. The van der Waals surface area contributed by atoms with Crippen LogP contribution in [0.25, 0.3) is 0 Å². The summed E-state index contributed by atoms with van der Waals surface area (Å²) in [7, 11) is 1.27. The fourth-order valence-electron chi connectivity index (χ4n) is 1.12. The quantitative estimate of drug-likeness (QED) is 0.629. The minimum absolute atomic E-state index is 0.0869. The van der Waals surface area contributed by atoms with Crippen LogP contribution in [0.4, 0.5) is 0 Å². The Morgan fingerprint density at radius 1 is 1.57 bits per heavy atom. The molecule has 0 spiro atoms. The first-order valence-electron chi connectivity index (χ1n) is 3.82. The number of hydrogen-bond donors (Lipinski definition) is 2. The number of carbonyl (C=O) groups excluding carboxylic acids is 2. The van der Waals surface area contributed by atoms with Crippen molar-refractivity contribution in [3.8, 4) is 0 Å². The van der Waals surface area contributed by atoms with Crippen LogP contribution in [0.15, 0.2) is 23.2 Å². The summed E-state index contributed by atoms with van der Waals surface area (Å²) in [6.45, 7) is 1.17. The monoisotopic (exact) mass is 195 g/mol. The van der Waals surface area contributed by atoms with Crippen molar-refractivity contribution in [3.63, 3.8) is 0 Å². The minimum atomic E-state index is -0.648. The lowest BCUT2D eigenvalue weighted by atomic mass is 9.96. The molecule has 5 heteroatoms. The molecule has 1 aliphatic carbocycles. The highest BCUT2D eigenvalue weighted by molar-refractivity contribution is 6.54. The van der Waals surface area contributed by atoms with Gasteiger partial charge >= 0.3 is 0 Å². The number of ketones is 2. The van der Waals surface area contributed by atoms with Crippen LogP contribution in [0, 0.1) is 5.41 Å². The molecule has 0 radical (unpaired) electrons. The zero-order valence-electron chi connectivity index (χ0n) is 7.75. The van der Waals surface area contributed by atoms with Crippen LogP contribution >= 0.6 is 0 Å². The number of Topliss-reactive ketones (excluding diaryl/α,β-unsaturated/α-hetero) is 1. The molecule has 0 saturated carbocycles. The third-order valence-electron chi connectivity index (χ3n) is 1.80. The SMILES string of the molecule is COC1=CC(=O)C(=N)C(C(C)=O)=C1O. The Bertz CT molecular complexity index is 390. The highest BCUT2D eigenvalue weighted by Crippen LogP contribution is 2.20. The van der Waals surface area contributed by atoms with E-state index in [0.29, 0.717) is 0 Å². The van der Waals surface area contributed by atoms with Gasteiger partial charge in [-0.25, -0.2) is 0 Å². The van der Waals surface area contributed by atoms with Crippen molar-refractivity contribution in [2.45, 2.75) is 6.92 Å². The number of aliphatic hydroxyl groups excluding tert-OH is 1. The average molecular weight is 195 g/mol. The highest BCUT2D eigenvalue weighted by atomic mass is 16.5. The molecule has 0 aromatic heterocycles. The van der Waals surface area contributed by atoms with Crippen LogP contribution < -0.4 is 0 Å². The van der Waals surface area contributed by atoms with E-state index in [9.17, 15) is 14.7 Å². The number of allylic oxidation sites excluding steroid dienone is 2. The van der Waals surface area contributed by atoms with E-state index in [4.69, 9.17) is 5.41 Å². The molecular formula is C9H9NO4. The van der Waals surface area contributed by atoms with Gasteiger partial charge in [-0.15, -0.1) is 0 Å². The van der Waals surface area contributed by atoms with E-state index < -0.39 is 23.0 Å². The van der Waals surface area contributed by atoms with Crippen LogP contribution in [-0.2, 0) is 14.3 Å². The fourth-order valence-corrected chi connectivity index (χ4v) is 1.12. The highest BCUT2D eigenvalue weighted by Gasteiger charge is 2.28. The van der Waals surface area contributed by atoms with Crippen molar-refractivity contribution in [2.24, 2.45) is 0 Å². The first-order chi connectivity index (χ1) is 6.49. The summed E-state index contributed by atoms with van der Waals surface area (Å²) in [5.74, 6) is -1.73. The molecule has 0 fully saturated rings. The first-order valence-corrected chi connectivity index (χ1v) is 3.82. The van der Waals surface area contributed by atoms with Gasteiger partial charge in [0.05, 0.1) is 12.7 Å². The number of ether oxygens (including phenoxy) is 1. The largest absolute Gasteiger partial charge is 0.504 e. The van der Waals surface area contributed by atoms with Crippen LogP contribution in [0.2, 0.25) is 0 Å². The van der Waals surface area contributed by atoms with E-state index in [1.807, 2.05) is 0 Å². The summed E-state index contributed by atoms with van der Waals surface area (Å²) < 4.78 is 4.69. The number of rotatable bonds is 2. The second-order valence-corrected chi connectivity index (χ2v) is 2.73. The second kappa shape index (κ2) is 3.45. The molecular weight excluding hydrogens is 186 g/mol. The van der Waals surface area contributed by atoms with Gasteiger partial charge in [0.1, 0.15) is 5.71 Å². The van der Waals surface area contributed by atoms with Gasteiger partial charge in [-0.05, 0) is 6.92 Å². The van der Waals surface area contributed by atoms with Crippen LogP contribution in [0.5, 0.6) is 0 Å². The molecule has 0 atom stereocenters. The summed E-state index contributed by atoms with van der Waals surface area (Å²) in [5.41, 5.74) is -0.801. The lowest BCUT2D eigenvalue weighted by molar-refractivity contribution is -0.114. The van der Waals surface area contributed by atoms with E-state index in [-0.39, 0.29) is 11.3 Å². The molecule has 0 bridgehead atoms. The van der Waals surface area contributed by atoms with E-state index >= 15 is 0 Å². The number of hydrogen-bond acceptors (Lipinski definition) is 5. The Hall–Kier alpha value is -1.91. The predicted molar refractivity (Wildman–Crippen MR) is 48.2 cm³/mol. The predicted octanol–water partition coefficient (Wildman–Crippen LogP) is 0.520. The number of carbonyl (C=O) groups is 2. The maximum atomic E-state index is 11.1.